The van der Waals surface area contributed by atoms with E-state index in [0.717, 1.165) is 72.4 Å². The molecule has 1 atom stereocenters. The van der Waals surface area contributed by atoms with E-state index >= 15 is 0 Å². The third-order valence-electron chi connectivity index (χ3n) is 11.6. The molecule has 0 fully saturated rings. The average molecular weight is 743 g/mol. The van der Waals surface area contributed by atoms with Crippen molar-refractivity contribution in [1.29, 1.82) is 0 Å². The van der Waals surface area contributed by atoms with Crippen LogP contribution in [0.4, 0.5) is 0 Å². The number of fused-ring (bicyclic) bond motifs is 9. The highest BCUT2D eigenvalue weighted by Gasteiger charge is 2.25. The van der Waals surface area contributed by atoms with Gasteiger partial charge in [0.25, 0.3) is 0 Å². The number of para-hydroxylation sites is 2. The Balaban J connectivity index is 1.01. The van der Waals surface area contributed by atoms with E-state index in [0.29, 0.717) is 0 Å². The van der Waals surface area contributed by atoms with Crippen LogP contribution in [0, 0.1) is 0 Å². The number of furan rings is 1. The summed E-state index contributed by atoms with van der Waals surface area (Å²) in [6, 6.07) is 68.6. The molecule has 0 radical (unpaired) electrons. The van der Waals surface area contributed by atoms with Crippen molar-refractivity contribution in [2.75, 3.05) is 0 Å². The fraction of sp³-hybridized carbons (Fsp3) is 0.0189. The zero-order valence-electron chi connectivity index (χ0n) is 31.3. The average Bonchev–Trinajstić information content (AvgIpc) is 3.85. The Morgan fingerprint density at radius 3 is 1.97 bits per heavy atom. The lowest BCUT2D eigenvalue weighted by molar-refractivity contribution is 0.649. The molecule has 1 aliphatic heterocycles. The predicted octanol–water partition coefficient (Wildman–Crippen LogP) is 13.2. The molecule has 5 nitrogen and oxygen atoms in total. The molecule has 272 valence electrons. The van der Waals surface area contributed by atoms with Crippen LogP contribution >= 0.6 is 0 Å². The van der Waals surface area contributed by atoms with Gasteiger partial charge in [0.1, 0.15) is 22.8 Å². The first-order chi connectivity index (χ1) is 28.7. The van der Waals surface area contributed by atoms with Gasteiger partial charge in [-0.2, -0.15) is 0 Å². The van der Waals surface area contributed by atoms with E-state index in [2.05, 4.69) is 186 Å². The number of aliphatic imine (C=N–C) groups is 2. The van der Waals surface area contributed by atoms with E-state index in [1.807, 2.05) is 18.2 Å². The van der Waals surface area contributed by atoms with Crippen LogP contribution in [-0.4, -0.2) is 16.2 Å². The molecule has 0 aliphatic carbocycles. The molecule has 58 heavy (non-hydrogen) atoms. The molecule has 12 rings (SSSR count). The number of rotatable bonds is 5. The summed E-state index contributed by atoms with van der Waals surface area (Å²) in [6.45, 7) is 0. The molecule has 3 heterocycles. The van der Waals surface area contributed by atoms with Crippen LogP contribution in [-0.2, 0) is 0 Å². The van der Waals surface area contributed by atoms with Gasteiger partial charge in [-0.25, -0.2) is 9.98 Å². The quantitative estimate of drug-likeness (QED) is 0.179. The van der Waals surface area contributed by atoms with Gasteiger partial charge in [-0.1, -0.05) is 158 Å². The molecule has 11 aromatic rings. The third-order valence-corrected chi connectivity index (χ3v) is 11.6. The highest BCUT2D eigenvalue weighted by atomic mass is 16.3. The van der Waals surface area contributed by atoms with Crippen molar-refractivity contribution in [3.05, 3.63) is 211 Å². The van der Waals surface area contributed by atoms with E-state index in [9.17, 15) is 0 Å². The number of nitrogens with zero attached hydrogens (tertiary/aromatic N) is 3. The summed E-state index contributed by atoms with van der Waals surface area (Å²) in [5, 5.41) is 13.0. The van der Waals surface area contributed by atoms with Crippen molar-refractivity contribution in [3.8, 4) is 16.8 Å². The monoisotopic (exact) mass is 742 g/mol. The van der Waals surface area contributed by atoms with Gasteiger partial charge < -0.3 is 14.3 Å². The number of hydrogen-bond donors (Lipinski definition) is 1. The second-order valence-corrected chi connectivity index (χ2v) is 15.0. The van der Waals surface area contributed by atoms with E-state index in [1.54, 1.807) is 0 Å². The van der Waals surface area contributed by atoms with Gasteiger partial charge in [0.05, 0.1) is 11.0 Å². The summed E-state index contributed by atoms with van der Waals surface area (Å²) in [4.78, 5) is 10.5. The standard InChI is InChI=1S/C53H34N4O/c1-3-13-33(14-4-1)41-20-12-24-47-49(41)44-19-9-10-23-46(44)57(47)38-28-30-42-43-21-11-22-45(50(43)58-48(42)32-38)53-55-51(35-16-5-2-6-17-35)54-52(56-53)37-27-29-40-36(31-37)26-25-34-15-7-8-18-39(34)40/h1-32,53H,(H,54,55,56). The van der Waals surface area contributed by atoms with Crippen LogP contribution in [0.3, 0.4) is 0 Å². The van der Waals surface area contributed by atoms with Crippen LogP contribution < -0.4 is 5.32 Å². The van der Waals surface area contributed by atoms with E-state index in [-0.39, 0.29) is 0 Å². The maximum atomic E-state index is 6.90. The van der Waals surface area contributed by atoms with Gasteiger partial charge in [-0.15, -0.1) is 0 Å². The maximum Gasteiger partial charge on any atom is 0.173 e. The number of aromatic nitrogens is 1. The van der Waals surface area contributed by atoms with E-state index in [1.165, 1.54) is 38.1 Å². The summed E-state index contributed by atoms with van der Waals surface area (Å²) in [7, 11) is 0. The molecule has 0 spiro atoms. The predicted molar refractivity (Wildman–Crippen MR) is 240 cm³/mol. The SMILES string of the molecule is c1ccc(C2=NC(c3cccc4c3oc3cc(-n5c6ccccc6c6c(-c7ccccc7)cccc65)ccc34)N=C(c3ccc4c(ccc5ccccc54)c3)N2)cc1. The number of hydrogen-bond acceptors (Lipinski definition) is 4. The summed E-state index contributed by atoms with van der Waals surface area (Å²) in [5.41, 5.74) is 10.3. The Kier molecular flexibility index (Phi) is 7.23. The van der Waals surface area contributed by atoms with Gasteiger partial charge >= 0.3 is 0 Å². The highest BCUT2D eigenvalue weighted by Crippen LogP contribution is 2.41. The smallest absolute Gasteiger partial charge is 0.173 e. The first-order valence-electron chi connectivity index (χ1n) is 19.7. The molecular weight excluding hydrogens is 709 g/mol. The Labute approximate surface area is 333 Å². The minimum absolute atomic E-state index is 0.531. The first-order valence-corrected chi connectivity index (χ1v) is 19.7. The Hall–Kier alpha value is -7.76. The highest BCUT2D eigenvalue weighted by molar-refractivity contribution is 6.19. The van der Waals surface area contributed by atoms with Gasteiger partial charge in [-0.05, 0) is 63.0 Å². The van der Waals surface area contributed by atoms with Gasteiger partial charge in [0.15, 0.2) is 6.17 Å². The maximum absolute atomic E-state index is 6.90. The molecule has 2 aromatic heterocycles. The summed E-state index contributed by atoms with van der Waals surface area (Å²) in [6.07, 6.45) is -0.531. The van der Waals surface area contributed by atoms with Gasteiger partial charge in [0.2, 0.25) is 0 Å². The first kappa shape index (κ1) is 32.5. The molecule has 1 N–H and O–H groups in total. The number of nitrogens with one attached hydrogen (secondary N) is 1. The zero-order valence-corrected chi connectivity index (χ0v) is 31.3. The fourth-order valence-corrected chi connectivity index (χ4v) is 8.95. The minimum atomic E-state index is -0.531. The molecule has 9 aromatic carbocycles. The van der Waals surface area contributed by atoms with Crippen LogP contribution in [0.5, 0.6) is 0 Å². The molecule has 0 saturated carbocycles. The van der Waals surface area contributed by atoms with Crippen molar-refractivity contribution in [2.24, 2.45) is 9.98 Å². The Morgan fingerprint density at radius 2 is 1.10 bits per heavy atom. The van der Waals surface area contributed by atoms with Crippen molar-refractivity contribution in [2.45, 2.75) is 6.17 Å². The Bertz CT molecular complexity index is 3480. The molecule has 5 heteroatoms. The topological polar surface area (TPSA) is 54.8 Å². The fourth-order valence-electron chi connectivity index (χ4n) is 8.95. The number of benzene rings is 9. The molecular formula is C53H34N4O. The molecule has 0 saturated heterocycles. The molecule has 1 aliphatic rings. The van der Waals surface area contributed by atoms with Crippen molar-refractivity contribution in [3.63, 3.8) is 0 Å². The minimum Gasteiger partial charge on any atom is -0.456 e. The van der Waals surface area contributed by atoms with Crippen molar-refractivity contribution < 1.29 is 4.42 Å². The van der Waals surface area contributed by atoms with E-state index in [4.69, 9.17) is 14.4 Å². The molecule has 1 unspecified atom stereocenters. The molecule has 0 bridgehead atoms. The summed E-state index contributed by atoms with van der Waals surface area (Å²) >= 11 is 0. The van der Waals surface area contributed by atoms with E-state index < -0.39 is 6.17 Å². The Morgan fingerprint density at radius 1 is 0.448 bits per heavy atom. The number of amidine groups is 2. The van der Waals surface area contributed by atoms with Crippen molar-refractivity contribution in [1.82, 2.24) is 9.88 Å². The summed E-state index contributed by atoms with van der Waals surface area (Å²) < 4.78 is 9.26. The zero-order chi connectivity index (χ0) is 38.2. The normalized spacial score (nSPS) is 14.4. The lowest BCUT2D eigenvalue weighted by atomic mass is 9.99. The lowest BCUT2D eigenvalue weighted by Gasteiger charge is -2.22. The van der Waals surface area contributed by atoms with Crippen molar-refractivity contribution >= 4 is 77.0 Å². The third kappa shape index (κ3) is 5.10. The second kappa shape index (κ2) is 12.9. The lowest BCUT2D eigenvalue weighted by Crippen LogP contribution is -2.36. The summed E-state index contributed by atoms with van der Waals surface area (Å²) in [5.74, 6) is 1.54. The van der Waals surface area contributed by atoms with Crippen LogP contribution in [0.25, 0.3) is 82.1 Å². The van der Waals surface area contributed by atoms with Gasteiger partial charge in [0, 0.05) is 50.0 Å². The van der Waals surface area contributed by atoms with Crippen LogP contribution in [0.15, 0.2) is 209 Å². The largest absolute Gasteiger partial charge is 0.456 e. The van der Waals surface area contributed by atoms with Crippen LogP contribution in [0.1, 0.15) is 22.9 Å². The molecule has 0 amide bonds. The van der Waals surface area contributed by atoms with Gasteiger partial charge in [-0.3, -0.25) is 0 Å². The van der Waals surface area contributed by atoms with Crippen LogP contribution in [0.2, 0.25) is 0 Å². The second-order valence-electron chi connectivity index (χ2n) is 15.0.